The van der Waals surface area contributed by atoms with Gasteiger partial charge in [0, 0.05) is 0 Å². The van der Waals surface area contributed by atoms with Crippen LogP contribution in [0.2, 0.25) is 0 Å². The van der Waals surface area contributed by atoms with Crippen molar-refractivity contribution in [1.29, 1.82) is 0 Å². The van der Waals surface area contributed by atoms with Gasteiger partial charge >= 0.3 is 0 Å². The average molecular weight is 379 g/mol. The summed E-state index contributed by atoms with van der Waals surface area (Å²) in [6.45, 7) is 3.54. The lowest BCUT2D eigenvalue weighted by Crippen LogP contribution is -2.53. The van der Waals surface area contributed by atoms with E-state index in [0.717, 1.165) is 0 Å². The van der Waals surface area contributed by atoms with Crippen LogP contribution in [0.1, 0.15) is 26.5 Å². The van der Waals surface area contributed by atoms with E-state index in [4.69, 9.17) is 16.2 Å². The fourth-order valence-corrected chi connectivity index (χ4v) is 3.25. The van der Waals surface area contributed by atoms with Gasteiger partial charge in [-0.25, -0.2) is 15.0 Å². The Hall–Kier alpha value is -2.34. The smallest absolute Gasteiger partial charge is 0.237 e. The zero-order valence-corrected chi connectivity index (χ0v) is 15.2. The van der Waals surface area contributed by atoms with E-state index >= 15 is 0 Å². The predicted octanol–water partition coefficient (Wildman–Crippen LogP) is -1.48. The number of fused-ring (bicyclic) bond motifs is 1. The molecule has 1 fully saturated rings. The van der Waals surface area contributed by atoms with Gasteiger partial charge in [-0.1, -0.05) is 13.8 Å². The molecule has 1 aliphatic heterocycles. The number of nitrogen functional groups attached to an aromatic ring is 1. The van der Waals surface area contributed by atoms with Gasteiger partial charge in [0.25, 0.3) is 0 Å². The van der Waals surface area contributed by atoms with Gasteiger partial charge in [0.15, 0.2) is 17.7 Å². The summed E-state index contributed by atoms with van der Waals surface area (Å²) in [5, 5.41) is 23.1. The number of ether oxygens (including phenoxy) is 1. The van der Waals surface area contributed by atoms with E-state index in [-0.39, 0.29) is 18.3 Å². The first-order valence-electron chi connectivity index (χ1n) is 8.76. The molecule has 1 aliphatic rings. The number of hydrogen-bond donors (Lipinski definition) is 5. The average Bonchev–Trinajstić information content (AvgIpc) is 3.17. The molecule has 5 atom stereocenters. The molecule has 0 aromatic carbocycles. The predicted molar refractivity (Wildman–Crippen MR) is 96.1 cm³/mol. The summed E-state index contributed by atoms with van der Waals surface area (Å²) in [7, 11) is 0. The molecule has 0 aliphatic carbocycles. The highest BCUT2D eigenvalue weighted by Crippen LogP contribution is 2.32. The molecule has 1 saturated heterocycles. The number of aromatic nitrogens is 4. The third kappa shape index (κ3) is 3.72. The molecule has 2 aromatic rings. The number of amides is 1. The van der Waals surface area contributed by atoms with E-state index in [2.05, 4.69) is 20.3 Å². The Kier molecular flexibility index (Phi) is 5.56. The molecule has 148 valence electrons. The Morgan fingerprint density at radius 2 is 2.15 bits per heavy atom. The summed E-state index contributed by atoms with van der Waals surface area (Å²) < 4.78 is 7.26. The van der Waals surface area contributed by atoms with Crippen LogP contribution in [0, 0.1) is 5.92 Å². The maximum atomic E-state index is 12.4. The summed E-state index contributed by atoms with van der Waals surface area (Å²) in [5.74, 6) is 0.0475. The molecule has 11 nitrogen and oxygen atoms in total. The molecule has 1 amide bonds. The molecule has 2 unspecified atom stereocenters. The van der Waals surface area contributed by atoms with Crippen LogP contribution in [0.15, 0.2) is 12.7 Å². The third-order valence-corrected chi connectivity index (χ3v) is 4.59. The number of aliphatic hydroxyl groups excluding tert-OH is 2. The molecule has 3 heterocycles. The van der Waals surface area contributed by atoms with Crippen molar-refractivity contribution >= 4 is 22.9 Å². The highest BCUT2D eigenvalue weighted by molar-refractivity contribution is 5.82. The Balaban J connectivity index is 1.81. The molecule has 0 saturated carbocycles. The van der Waals surface area contributed by atoms with Crippen molar-refractivity contribution in [2.24, 2.45) is 11.7 Å². The lowest BCUT2D eigenvalue weighted by Gasteiger charge is -2.23. The zero-order chi connectivity index (χ0) is 19.7. The van der Waals surface area contributed by atoms with Gasteiger partial charge in [-0.3, -0.25) is 9.36 Å². The molecule has 3 rings (SSSR count). The zero-order valence-electron chi connectivity index (χ0n) is 15.2. The summed E-state index contributed by atoms with van der Waals surface area (Å²) in [6.07, 6.45) is 0.346. The first kappa shape index (κ1) is 19.4. The molecule has 2 aromatic heterocycles. The molecule has 7 N–H and O–H groups in total. The van der Waals surface area contributed by atoms with Crippen LogP contribution in [0.5, 0.6) is 0 Å². The topological polar surface area (TPSA) is 174 Å². The summed E-state index contributed by atoms with van der Waals surface area (Å²) in [6, 6.07) is -1.54. The lowest BCUT2D eigenvalue weighted by atomic mass is 10.0. The van der Waals surface area contributed by atoms with E-state index in [1.54, 1.807) is 0 Å². The van der Waals surface area contributed by atoms with Crippen LogP contribution < -0.4 is 16.8 Å². The van der Waals surface area contributed by atoms with Crippen LogP contribution in [0.4, 0.5) is 5.82 Å². The van der Waals surface area contributed by atoms with Crippen molar-refractivity contribution in [1.82, 2.24) is 24.8 Å². The summed E-state index contributed by atoms with van der Waals surface area (Å²) >= 11 is 0. The van der Waals surface area contributed by atoms with Crippen molar-refractivity contribution < 1.29 is 19.7 Å². The number of nitrogens with zero attached hydrogens (tertiary/aromatic N) is 4. The number of imidazole rings is 1. The van der Waals surface area contributed by atoms with Gasteiger partial charge in [-0.15, -0.1) is 0 Å². The van der Waals surface area contributed by atoms with Gasteiger partial charge in [0.1, 0.15) is 24.1 Å². The maximum absolute atomic E-state index is 12.4. The minimum atomic E-state index is -1.15. The number of carbonyl (C=O) groups is 1. The van der Waals surface area contributed by atoms with Crippen LogP contribution in [0.3, 0.4) is 0 Å². The normalized spacial score (nSPS) is 26.6. The lowest BCUT2D eigenvalue weighted by molar-refractivity contribution is -0.124. The van der Waals surface area contributed by atoms with Crippen molar-refractivity contribution in [3.05, 3.63) is 12.7 Å². The third-order valence-electron chi connectivity index (χ3n) is 4.59. The fraction of sp³-hybridized carbons (Fsp3) is 0.625. The molecule has 0 radical (unpaired) electrons. The van der Waals surface area contributed by atoms with Gasteiger partial charge in [-0.05, 0) is 12.3 Å². The minimum Gasteiger partial charge on any atom is -0.394 e. The second-order valence-electron chi connectivity index (χ2n) is 7.09. The maximum Gasteiger partial charge on any atom is 0.237 e. The number of aliphatic hydroxyl groups is 2. The molecule has 27 heavy (non-hydrogen) atoms. The van der Waals surface area contributed by atoms with Crippen LogP contribution >= 0.6 is 0 Å². The van der Waals surface area contributed by atoms with E-state index in [0.29, 0.717) is 17.6 Å². The quantitative estimate of drug-likeness (QED) is 0.401. The highest BCUT2D eigenvalue weighted by Gasteiger charge is 2.46. The largest absolute Gasteiger partial charge is 0.394 e. The van der Waals surface area contributed by atoms with E-state index in [1.165, 1.54) is 17.2 Å². The van der Waals surface area contributed by atoms with Crippen LogP contribution in [-0.2, 0) is 9.53 Å². The number of nitrogens with one attached hydrogen (secondary N) is 1. The Morgan fingerprint density at radius 3 is 2.81 bits per heavy atom. The molecule has 0 bridgehead atoms. The van der Waals surface area contributed by atoms with Crippen molar-refractivity contribution in [2.45, 2.75) is 50.8 Å². The first-order valence-corrected chi connectivity index (χ1v) is 8.76. The number of anilines is 1. The highest BCUT2D eigenvalue weighted by atomic mass is 16.5. The monoisotopic (exact) mass is 379 g/mol. The van der Waals surface area contributed by atoms with Crippen molar-refractivity contribution in [2.75, 3.05) is 12.3 Å². The molecular formula is C16H25N7O4. The SMILES string of the molecule is CC(C)CC(N)C(=O)NC1[C@@H](CO)O[C@@H](n2cnc3c(N)ncnc32)[C@H]1O. The number of rotatable bonds is 6. The van der Waals surface area contributed by atoms with Crippen molar-refractivity contribution in [3.8, 4) is 0 Å². The van der Waals surface area contributed by atoms with Gasteiger partial charge in [0.05, 0.1) is 25.0 Å². The molecular weight excluding hydrogens is 354 g/mol. The second kappa shape index (κ2) is 7.72. The standard InChI is InChI=1S/C16H25N7O4/c1-7(2)3-8(17)15(26)22-10-9(4-24)27-16(12(10)25)23-6-21-11-13(18)19-5-20-14(11)23/h5-10,12,16,24-25H,3-4,17H2,1-2H3,(H,22,26)(H2,18,19,20)/t8?,9-,10?,12+,16-/m1/s1. The van der Waals surface area contributed by atoms with Gasteiger partial charge in [0.2, 0.25) is 5.91 Å². The number of hydrogen-bond acceptors (Lipinski definition) is 9. The Morgan fingerprint density at radius 1 is 1.41 bits per heavy atom. The second-order valence-corrected chi connectivity index (χ2v) is 7.09. The summed E-state index contributed by atoms with van der Waals surface area (Å²) in [4.78, 5) is 24.5. The molecule has 0 spiro atoms. The fourth-order valence-electron chi connectivity index (χ4n) is 3.25. The van der Waals surface area contributed by atoms with E-state index < -0.39 is 36.4 Å². The number of nitrogens with two attached hydrogens (primary N) is 2. The Bertz CT molecular complexity index is 811. The summed E-state index contributed by atoms with van der Waals surface area (Å²) in [5.41, 5.74) is 12.4. The van der Waals surface area contributed by atoms with Gasteiger partial charge < -0.3 is 31.7 Å². The van der Waals surface area contributed by atoms with E-state index in [9.17, 15) is 15.0 Å². The van der Waals surface area contributed by atoms with Crippen LogP contribution in [0.25, 0.3) is 11.2 Å². The minimum absolute atomic E-state index is 0.203. The van der Waals surface area contributed by atoms with Crippen molar-refractivity contribution in [3.63, 3.8) is 0 Å². The van der Waals surface area contributed by atoms with Crippen LogP contribution in [-0.4, -0.2) is 66.5 Å². The van der Waals surface area contributed by atoms with E-state index in [1.807, 2.05) is 13.8 Å². The first-order chi connectivity index (χ1) is 12.8. The van der Waals surface area contributed by atoms with Gasteiger partial charge in [-0.2, -0.15) is 0 Å². The number of carbonyl (C=O) groups excluding carboxylic acids is 1. The molecule has 11 heteroatoms. The Labute approximate surface area is 155 Å².